The highest BCUT2D eigenvalue weighted by atomic mass is 16.5. The minimum absolute atomic E-state index is 0.0725. The van der Waals surface area contributed by atoms with E-state index in [2.05, 4.69) is 18.2 Å². The zero-order valence-electron chi connectivity index (χ0n) is 14.0. The van der Waals surface area contributed by atoms with Crippen molar-refractivity contribution in [2.75, 3.05) is 6.61 Å². The lowest BCUT2D eigenvalue weighted by atomic mass is 9.66. The van der Waals surface area contributed by atoms with Crippen LogP contribution in [0.5, 0.6) is 5.75 Å². The first-order chi connectivity index (χ1) is 12.1. The Kier molecular flexibility index (Phi) is 4.22. The molecule has 1 aromatic rings. The minimum Gasteiger partial charge on any atom is -0.494 e. The van der Waals surface area contributed by atoms with E-state index in [4.69, 9.17) is 10.5 Å². The molecular formula is C20H18N4O. The number of nitriles is 3. The molecule has 2 aliphatic carbocycles. The van der Waals surface area contributed by atoms with Gasteiger partial charge in [-0.1, -0.05) is 18.2 Å². The third kappa shape index (κ3) is 2.63. The van der Waals surface area contributed by atoms with Gasteiger partial charge in [-0.2, -0.15) is 15.8 Å². The van der Waals surface area contributed by atoms with Gasteiger partial charge in [0.2, 0.25) is 0 Å². The maximum Gasteiger partial charge on any atom is 0.194 e. The van der Waals surface area contributed by atoms with E-state index in [1.54, 1.807) is 0 Å². The zero-order valence-corrected chi connectivity index (χ0v) is 14.0. The van der Waals surface area contributed by atoms with Crippen LogP contribution in [-0.2, 0) is 0 Å². The van der Waals surface area contributed by atoms with E-state index >= 15 is 0 Å². The lowest BCUT2D eigenvalue weighted by Gasteiger charge is -2.33. The van der Waals surface area contributed by atoms with E-state index in [-0.39, 0.29) is 5.70 Å². The molecule has 2 N–H and O–H groups in total. The molecule has 124 valence electrons. The number of nitrogens with two attached hydrogens (primary N) is 1. The first-order valence-electron chi connectivity index (χ1n) is 8.29. The molecule has 0 heterocycles. The van der Waals surface area contributed by atoms with Gasteiger partial charge in [-0.05, 0) is 49.0 Å². The van der Waals surface area contributed by atoms with Crippen LogP contribution in [0.3, 0.4) is 0 Å². The summed E-state index contributed by atoms with van der Waals surface area (Å²) in [6.45, 7) is 2.47. The largest absolute Gasteiger partial charge is 0.494 e. The zero-order chi connectivity index (χ0) is 18.0. The van der Waals surface area contributed by atoms with Crippen molar-refractivity contribution in [3.05, 3.63) is 52.7 Å². The van der Waals surface area contributed by atoms with Gasteiger partial charge >= 0.3 is 0 Å². The van der Waals surface area contributed by atoms with Crippen molar-refractivity contribution in [1.82, 2.24) is 0 Å². The number of ether oxygens (including phenoxy) is 1. The molecule has 0 amide bonds. The van der Waals surface area contributed by atoms with E-state index < -0.39 is 11.3 Å². The monoisotopic (exact) mass is 330 g/mol. The number of allylic oxidation sites excluding steroid dienone is 4. The van der Waals surface area contributed by atoms with Gasteiger partial charge in [0, 0.05) is 5.92 Å². The van der Waals surface area contributed by atoms with Crippen LogP contribution in [0.2, 0.25) is 0 Å². The van der Waals surface area contributed by atoms with Crippen molar-refractivity contribution in [1.29, 1.82) is 15.8 Å². The Morgan fingerprint density at radius 2 is 1.80 bits per heavy atom. The molecule has 0 bridgehead atoms. The Labute approximate surface area is 147 Å². The average Bonchev–Trinajstić information content (AvgIpc) is 3.47. The summed E-state index contributed by atoms with van der Waals surface area (Å²) in [5.41, 5.74) is 6.68. The van der Waals surface area contributed by atoms with E-state index in [1.807, 2.05) is 37.3 Å². The van der Waals surface area contributed by atoms with Crippen LogP contribution in [0.15, 0.2) is 47.2 Å². The standard InChI is InChI=1S/C20H18N4O/c1-2-25-15-7-5-14(6-8-15)18-9-16(13-3-4-13)17(10-21)19(24)20(18,11-22)12-23/h5-9,13,18H,2-4,24H2,1H3. The van der Waals surface area contributed by atoms with Crippen LogP contribution < -0.4 is 10.5 Å². The smallest absolute Gasteiger partial charge is 0.194 e. The normalized spacial score (nSPS) is 21.5. The fourth-order valence-corrected chi connectivity index (χ4v) is 3.34. The Bertz CT molecular complexity index is 856. The summed E-state index contributed by atoms with van der Waals surface area (Å²) in [5, 5.41) is 29.1. The molecule has 1 saturated carbocycles. The quantitative estimate of drug-likeness (QED) is 0.911. The number of hydrogen-bond acceptors (Lipinski definition) is 5. The van der Waals surface area contributed by atoms with Crippen LogP contribution in [0.4, 0.5) is 0 Å². The Balaban J connectivity index is 2.13. The van der Waals surface area contributed by atoms with Gasteiger partial charge in [0.15, 0.2) is 5.41 Å². The van der Waals surface area contributed by atoms with Gasteiger partial charge in [0.1, 0.15) is 11.8 Å². The first-order valence-corrected chi connectivity index (χ1v) is 8.29. The Morgan fingerprint density at radius 1 is 1.16 bits per heavy atom. The number of nitrogens with zero attached hydrogens (tertiary/aromatic N) is 3. The summed E-state index contributed by atoms with van der Waals surface area (Å²) in [7, 11) is 0. The number of benzene rings is 1. The molecule has 0 aromatic heterocycles. The Morgan fingerprint density at radius 3 is 2.28 bits per heavy atom. The molecule has 0 aliphatic heterocycles. The first kappa shape index (κ1) is 16.6. The molecule has 2 aliphatic rings. The molecule has 1 fully saturated rings. The second kappa shape index (κ2) is 6.34. The number of hydrogen-bond donors (Lipinski definition) is 1. The molecular weight excluding hydrogens is 312 g/mol. The van der Waals surface area contributed by atoms with Crippen molar-refractivity contribution in [3.63, 3.8) is 0 Å². The Hall–Kier alpha value is -3.23. The maximum absolute atomic E-state index is 9.79. The van der Waals surface area contributed by atoms with E-state index in [9.17, 15) is 15.8 Å². The molecule has 1 unspecified atom stereocenters. The van der Waals surface area contributed by atoms with Crippen LogP contribution in [-0.4, -0.2) is 6.61 Å². The average molecular weight is 330 g/mol. The highest BCUT2D eigenvalue weighted by molar-refractivity contribution is 5.60. The molecule has 5 heteroatoms. The maximum atomic E-state index is 9.79. The third-order valence-electron chi connectivity index (χ3n) is 4.83. The summed E-state index contributed by atoms with van der Waals surface area (Å²) in [5.74, 6) is 0.522. The van der Waals surface area contributed by atoms with Crippen molar-refractivity contribution in [2.45, 2.75) is 25.7 Å². The van der Waals surface area contributed by atoms with E-state index in [0.29, 0.717) is 18.1 Å². The van der Waals surface area contributed by atoms with Gasteiger partial charge in [-0.25, -0.2) is 0 Å². The van der Waals surface area contributed by atoms with Gasteiger partial charge in [-0.3, -0.25) is 0 Å². The summed E-state index contributed by atoms with van der Waals surface area (Å²) < 4.78 is 5.46. The van der Waals surface area contributed by atoms with Crippen molar-refractivity contribution < 1.29 is 4.74 Å². The molecule has 0 radical (unpaired) electrons. The molecule has 0 saturated heterocycles. The van der Waals surface area contributed by atoms with E-state index in [0.717, 1.165) is 29.7 Å². The van der Waals surface area contributed by atoms with E-state index in [1.165, 1.54) is 0 Å². The van der Waals surface area contributed by atoms with Crippen LogP contribution in [0.1, 0.15) is 31.2 Å². The molecule has 3 rings (SSSR count). The summed E-state index contributed by atoms with van der Waals surface area (Å²) >= 11 is 0. The van der Waals surface area contributed by atoms with Crippen molar-refractivity contribution >= 4 is 0 Å². The van der Waals surface area contributed by atoms with Crippen molar-refractivity contribution in [3.8, 4) is 24.0 Å². The summed E-state index contributed by atoms with van der Waals surface area (Å²) in [4.78, 5) is 0. The third-order valence-corrected chi connectivity index (χ3v) is 4.83. The molecule has 25 heavy (non-hydrogen) atoms. The lowest BCUT2D eigenvalue weighted by Crippen LogP contribution is -2.35. The second-order valence-corrected chi connectivity index (χ2v) is 6.31. The van der Waals surface area contributed by atoms with Gasteiger partial charge in [0.05, 0.1) is 30.0 Å². The number of rotatable bonds is 4. The molecule has 5 nitrogen and oxygen atoms in total. The highest BCUT2D eigenvalue weighted by Gasteiger charge is 2.49. The minimum atomic E-state index is -1.57. The fourth-order valence-electron chi connectivity index (χ4n) is 3.34. The van der Waals surface area contributed by atoms with Crippen molar-refractivity contribution in [2.24, 2.45) is 17.1 Å². The molecule has 1 atom stereocenters. The summed E-state index contributed by atoms with van der Waals surface area (Å²) in [6, 6.07) is 13.6. The van der Waals surface area contributed by atoms with Gasteiger partial charge in [-0.15, -0.1) is 0 Å². The fraction of sp³-hybridized carbons (Fsp3) is 0.350. The predicted octanol–water partition coefficient (Wildman–Crippen LogP) is 3.29. The highest BCUT2D eigenvalue weighted by Crippen LogP contribution is 2.51. The summed E-state index contributed by atoms with van der Waals surface area (Å²) in [6.07, 6.45) is 3.91. The SMILES string of the molecule is CCOc1ccc(C2C=C(C3CC3)C(C#N)=C(N)C2(C#N)C#N)cc1. The lowest BCUT2D eigenvalue weighted by molar-refractivity contribution is 0.340. The van der Waals surface area contributed by atoms with Crippen LogP contribution in [0, 0.1) is 45.3 Å². The molecule has 1 aromatic carbocycles. The topological polar surface area (TPSA) is 107 Å². The van der Waals surface area contributed by atoms with Crippen LogP contribution >= 0.6 is 0 Å². The second-order valence-electron chi connectivity index (χ2n) is 6.31. The predicted molar refractivity (Wildman–Crippen MR) is 91.6 cm³/mol. The van der Waals surface area contributed by atoms with Gasteiger partial charge in [0.25, 0.3) is 0 Å². The molecule has 0 spiro atoms. The van der Waals surface area contributed by atoms with Crippen LogP contribution in [0.25, 0.3) is 0 Å². The van der Waals surface area contributed by atoms with Gasteiger partial charge < -0.3 is 10.5 Å².